The molecular formula is C51H105O3P. The monoisotopic (exact) mass is 797 g/mol. The lowest BCUT2D eigenvalue weighted by atomic mass is 10.0. The van der Waals surface area contributed by atoms with Crippen molar-refractivity contribution in [2.75, 3.05) is 19.8 Å². The molecule has 0 radical (unpaired) electrons. The molecule has 0 atom stereocenters. The van der Waals surface area contributed by atoms with Crippen molar-refractivity contribution in [1.29, 1.82) is 0 Å². The third-order valence-corrected chi connectivity index (χ3v) is 13.0. The average Bonchev–Trinajstić information content (AvgIpc) is 3.20. The highest BCUT2D eigenvalue weighted by molar-refractivity contribution is 7.41. The van der Waals surface area contributed by atoms with E-state index in [2.05, 4.69) is 20.8 Å². The minimum Gasteiger partial charge on any atom is -0.312 e. The van der Waals surface area contributed by atoms with E-state index in [9.17, 15) is 0 Å². The van der Waals surface area contributed by atoms with Crippen molar-refractivity contribution in [3.63, 3.8) is 0 Å². The molecule has 0 spiro atoms. The fourth-order valence-electron chi connectivity index (χ4n) is 7.95. The number of unbranched alkanes of at least 4 members (excludes halogenated alkanes) is 42. The molecule has 0 saturated heterocycles. The standard InChI is InChI=1S/C51H105O3P/c1-4-7-10-13-16-19-22-25-28-31-34-37-40-43-46-49-52-55(53-50-47-44-41-38-35-32-29-26-23-20-17-14-11-8-5-2)54-51-48-45-42-39-36-33-30-27-24-21-18-15-12-9-6-3/h4-51H2,1-3H3. The third kappa shape index (κ3) is 50.4. The van der Waals surface area contributed by atoms with E-state index in [0.717, 1.165) is 39.1 Å². The van der Waals surface area contributed by atoms with Crippen molar-refractivity contribution in [3.8, 4) is 0 Å². The normalized spacial score (nSPS) is 11.8. The summed E-state index contributed by atoms with van der Waals surface area (Å²) in [6.45, 7) is 9.30. The van der Waals surface area contributed by atoms with Crippen molar-refractivity contribution in [3.05, 3.63) is 0 Å². The van der Waals surface area contributed by atoms with Gasteiger partial charge in [0.05, 0.1) is 19.8 Å². The second-order valence-electron chi connectivity index (χ2n) is 17.6. The predicted octanol–water partition coefficient (Wildman–Crippen LogP) is 19.9. The maximum absolute atomic E-state index is 6.22. The largest absolute Gasteiger partial charge is 0.332 e. The van der Waals surface area contributed by atoms with Gasteiger partial charge in [-0.15, -0.1) is 0 Å². The number of hydrogen-bond acceptors (Lipinski definition) is 3. The lowest BCUT2D eigenvalue weighted by Gasteiger charge is -2.17. The van der Waals surface area contributed by atoms with Gasteiger partial charge in [0.15, 0.2) is 0 Å². The lowest BCUT2D eigenvalue weighted by Crippen LogP contribution is -2.00. The highest BCUT2D eigenvalue weighted by Gasteiger charge is 2.12. The van der Waals surface area contributed by atoms with Gasteiger partial charge in [-0.1, -0.05) is 290 Å². The summed E-state index contributed by atoms with van der Waals surface area (Å²) in [7, 11) is -1.19. The van der Waals surface area contributed by atoms with Crippen LogP contribution in [0.5, 0.6) is 0 Å². The molecule has 0 heterocycles. The van der Waals surface area contributed by atoms with Gasteiger partial charge in [-0.25, -0.2) is 0 Å². The molecule has 0 amide bonds. The Labute approximate surface area is 350 Å². The van der Waals surface area contributed by atoms with E-state index in [-0.39, 0.29) is 0 Å². The van der Waals surface area contributed by atoms with Gasteiger partial charge in [-0.05, 0) is 19.3 Å². The minimum absolute atomic E-state index is 0.793. The molecule has 4 heteroatoms. The Morgan fingerprint density at radius 3 is 0.455 bits per heavy atom. The van der Waals surface area contributed by atoms with Crippen LogP contribution in [0.25, 0.3) is 0 Å². The van der Waals surface area contributed by atoms with Gasteiger partial charge in [0.1, 0.15) is 0 Å². The van der Waals surface area contributed by atoms with Crippen LogP contribution < -0.4 is 0 Å². The number of rotatable bonds is 51. The third-order valence-electron chi connectivity index (χ3n) is 11.8. The van der Waals surface area contributed by atoms with Crippen LogP contribution in [0.4, 0.5) is 0 Å². The van der Waals surface area contributed by atoms with Crippen molar-refractivity contribution in [1.82, 2.24) is 0 Å². The summed E-state index contributed by atoms with van der Waals surface area (Å²) >= 11 is 0. The summed E-state index contributed by atoms with van der Waals surface area (Å²) in [6, 6.07) is 0. The molecule has 0 aromatic rings. The molecular weight excluding hydrogens is 692 g/mol. The van der Waals surface area contributed by atoms with E-state index in [1.165, 1.54) is 270 Å². The van der Waals surface area contributed by atoms with Crippen LogP contribution in [0.15, 0.2) is 0 Å². The molecule has 332 valence electrons. The van der Waals surface area contributed by atoms with E-state index in [1.54, 1.807) is 0 Å². The molecule has 0 aliphatic heterocycles. The predicted molar refractivity (Wildman–Crippen MR) is 250 cm³/mol. The van der Waals surface area contributed by atoms with E-state index in [0.29, 0.717) is 0 Å². The zero-order valence-electron chi connectivity index (χ0n) is 38.6. The smallest absolute Gasteiger partial charge is 0.312 e. The van der Waals surface area contributed by atoms with Crippen molar-refractivity contribution >= 4 is 8.60 Å². The van der Waals surface area contributed by atoms with E-state index >= 15 is 0 Å². The second kappa shape index (κ2) is 52.3. The summed E-state index contributed by atoms with van der Waals surface area (Å²) in [6.07, 6.45) is 62.8. The van der Waals surface area contributed by atoms with Crippen LogP contribution in [-0.2, 0) is 13.6 Å². The zero-order chi connectivity index (χ0) is 39.6. The maximum atomic E-state index is 6.22. The molecule has 0 N–H and O–H groups in total. The van der Waals surface area contributed by atoms with Crippen molar-refractivity contribution in [2.45, 2.75) is 310 Å². The highest BCUT2D eigenvalue weighted by Crippen LogP contribution is 2.40. The molecule has 0 rings (SSSR count). The summed E-state index contributed by atoms with van der Waals surface area (Å²) in [4.78, 5) is 0. The molecule has 3 nitrogen and oxygen atoms in total. The number of hydrogen-bond donors (Lipinski definition) is 0. The van der Waals surface area contributed by atoms with E-state index < -0.39 is 8.60 Å². The maximum Gasteiger partial charge on any atom is 0.332 e. The van der Waals surface area contributed by atoms with Gasteiger partial charge < -0.3 is 13.6 Å². The molecule has 0 aliphatic carbocycles. The van der Waals surface area contributed by atoms with Crippen LogP contribution >= 0.6 is 8.60 Å². The lowest BCUT2D eigenvalue weighted by molar-refractivity contribution is 0.153. The Bertz CT molecular complexity index is 560. The Hall–Kier alpha value is 0.310. The molecule has 0 bridgehead atoms. The SMILES string of the molecule is CCCCCCCCCCCCCCCCCOP(OCCCCCCCCCCCCCCCCC)OCCCCCCCCCCCCCCCCC. The molecule has 0 saturated carbocycles. The molecule has 0 aromatic carbocycles. The summed E-state index contributed by atoms with van der Waals surface area (Å²) in [5, 5.41) is 0. The van der Waals surface area contributed by atoms with E-state index in [4.69, 9.17) is 13.6 Å². The Morgan fingerprint density at radius 2 is 0.309 bits per heavy atom. The first-order chi connectivity index (χ1) is 27.3. The quantitative estimate of drug-likeness (QED) is 0.0453. The second-order valence-corrected chi connectivity index (χ2v) is 18.8. The van der Waals surface area contributed by atoms with Gasteiger partial charge in [-0.3, -0.25) is 0 Å². The van der Waals surface area contributed by atoms with Crippen molar-refractivity contribution < 1.29 is 13.6 Å². The van der Waals surface area contributed by atoms with Crippen LogP contribution in [0.1, 0.15) is 310 Å². The molecule has 0 fully saturated rings. The molecule has 0 aliphatic rings. The van der Waals surface area contributed by atoms with Gasteiger partial charge in [0, 0.05) is 0 Å². The first kappa shape index (κ1) is 55.3. The molecule has 0 aromatic heterocycles. The van der Waals surface area contributed by atoms with Gasteiger partial charge >= 0.3 is 8.60 Å². The summed E-state index contributed by atoms with van der Waals surface area (Å²) in [5.74, 6) is 0. The fraction of sp³-hybridized carbons (Fsp3) is 1.00. The Kier molecular flexibility index (Phi) is 52.6. The molecule has 0 unspecified atom stereocenters. The van der Waals surface area contributed by atoms with Crippen molar-refractivity contribution in [2.24, 2.45) is 0 Å². The fourth-order valence-corrected chi connectivity index (χ4v) is 9.01. The molecule has 55 heavy (non-hydrogen) atoms. The van der Waals surface area contributed by atoms with E-state index in [1.807, 2.05) is 0 Å². The summed E-state index contributed by atoms with van der Waals surface area (Å²) < 4.78 is 18.7. The van der Waals surface area contributed by atoms with Gasteiger partial charge in [0.25, 0.3) is 0 Å². The first-order valence-electron chi connectivity index (χ1n) is 26.0. The van der Waals surface area contributed by atoms with Gasteiger partial charge in [0.2, 0.25) is 0 Å². The van der Waals surface area contributed by atoms with Gasteiger partial charge in [-0.2, -0.15) is 0 Å². The van der Waals surface area contributed by atoms with Crippen LogP contribution in [0.2, 0.25) is 0 Å². The first-order valence-corrected chi connectivity index (χ1v) is 27.1. The van der Waals surface area contributed by atoms with Crippen LogP contribution in [0, 0.1) is 0 Å². The topological polar surface area (TPSA) is 27.7 Å². The average molecular weight is 797 g/mol. The van der Waals surface area contributed by atoms with Crippen LogP contribution in [0.3, 0.4) is 0 Å². The summed E-state index contributed by atoms with van der Waals surface area (Å²) in [5.41, 5.74) is 0. The zero-order valence-corrected chi connectivity index (χ0v) is 39.5. The Balaban J connectivity index is 3.94. The van der Waals surface area contributed by atoms with Crippen LogP contribution in [-0.4, -0.2) is 19.8 Å². The Morgan fingerprint density at radius 1 is 0.182 bits per heavy atom. The highest BCUT2D eigenvalue weighted by atomic mass is 31.2. The minimum atomic E-state index is -1.19.